The third-order valence-corrected chi connectivity index (χ3v) is 4.89. The molecule has 2 rings (SSSR count). The second kappa shape index (κ2) is 12.0. The van der Waals surface area contributed by atoms with E-state index in [9.17, 15) is 14.4 Å². The van der Waals surface area contributed by atoms with Gasteiger partial charge in [0.05, 0.1) is 17.3 Å². The first kappa shape index (κ1) is 24.2. The van der Waals surface area contributed by atoms with E-state index in [1.165, 1.54) is 0 Å². The van der Waals surface area contributed by atoms with Gasteiger partial charge in [0.15, 0.2) is 0 Å². The van der Waals surface area contributed by atoms with Crippen molar-refractivity contribution < 1.29 is 14.4 Å². The van der Waals surface area contributed by atoms with E-state index in [-0.39, 0.29) is 30.3 Å². The highest BCUT2D eigenvalue weighted by Crippen LogP contribution is 2.25. The maximum atomic E-state index is 12.4. The number of benzene rings is 2. The average Bonchev–Trinajstić information content (AvgIpc) is 2.74. The number of amides is 3. The molecule has 4 N–H and O–H groups in total. The lowest BCUT2D eigenvalue weighted by molar-refractivity contribution is -0.116. The van der Waals surface area contributed by atoms with Crippen LogP contribution in [0.4, 0.5) is 17.1 Å². The molecule has 1 unspecified atom stereocenters. The zero-order valence-electron chi connectivity index (χ0n) is 18.0. The van der Waals surface area contributed by atoms with Crippen molar-refractivity contribution in [3.05, 3.63) is 53.1 Å². The lowest BCUT2D eigenvalue weighted by Gasteiger charge is -2.13. The van der Waals surface area contributed by atoms with Crippen molar-refractivity contribution in [2.75, 3.05) is 22.5 Å². The largest absolute Gasteiger partial charge is 0.375 e. The van der Waals surface area contributed by atoms with E-state index >= 15 is 0 Å². The molecule has 8 heteroatoms. The molecule has 0 aromatic heterocycles. The summed E-state index contributed by atoms with van der Waals surface area (Å²) in [4.78, 5) is 36.4. The van der Waals surface area contributed by atoms with E-state index in [1.807, 2.05) is 20.8 Å². The van der Waals surface area contributed by atoms with Crippen LogP contribution in [0.1, 0.15) is 50.4 Å². The second-order valence-corrected chi connectivity index (χ2v) is 7.67. The summed E-state index contributed by atoms with van der Waals surface area (Å²) in [6.45, 7) is 5.83. The van der Waals surface area contributed by atoms with Gasteiger partial charge in [-0.15, -0.1) is 0 Å². The fourth-order valence-corrected chi connectivity index (χ4v) is 2.90. The Morgan fingerprint density at radius 1 is 0.968 bits per heavy atom. The minimum atomic E-state index is -0.295. The molecule has 2 aromatic rings. The molecule has 0 bridgehead atoms. The topological polar surface area (TPSA) is 99.3 Å². The van der Waals surface area contributed by atoms with E-state index < -0.39 is 0 Å². The Bertz CT molecular complexity index is 933. The number of carbonyl (C=O) groups is 3. The molecule has 0 aliphatic rings. The summed E-state index contributed by atoms with van der Waals surface area (Å²) >= 11 is 6.20. The van der Waals surface area contributed by atoms with Crippen LogP contribution in [0, 0.1) is 0 Å². The van der Waals surface area contributed by atoms with E-state index in [0.717, 1.165) is 12.8 Å². The Hall–Kier alpha value is -3.06. The molecule has 2 aromatic carbocycles. The quantitative estimate of drug-likeness (QED) is 0.428. The van der Waals surface area contributed by atoms with Gasteiger partial charge in [-0.25, -0.2) is 0 Å². The number of halogens is 1. The predicted molar refractivity (Wildman–Crippen MR) is 126 cm³/mol. The number of hydrogen-bond donors (Lipinski definition) is 4. The molecule has 166 valence electrons. The van der Waals surface area contributed by atoms with Crippen LogP contribution in [0.2, 0.25) is 5.02 Å². The van der Waals surface area contributed by atoms with Crippen molar-refractivity contribution >= 4 is 46.4 Å². The first-order chi connectivity index (χ1) is 14.8. The number of carbonyl (C=O) groups excluding carboxylic acids is 3. The molecule has 0 heterocycles. The summed E-state index contributed by atoms with van der Waals surface area (Å²) in [5.41, 5.74) is 2.14. The van der Waals surface area contributed by atoms with Crippen molar-refractivity contribution in [1.82, 2.24) is 5.32 Å². The molecule has 1 atom stereocenters. The third-order valence-electron chi connectivity index (χ3n) is 4.56. The molecule has 0 fully saturated rings. The van der Waals surface area contributed by atoms with Gasteiger partial charge in [-0.2, -0.15) is 0 Å². The van der Waals surface area contributed by atoms with Crippen molar-refractivity contribution in [3.63, 3.8) is 0 Å². The molecule has 0 aliphatic carbocycles. The fraction of sp³-hybridized carbons (Fsp3) is 0.348. The molecule has 0 saturated heterocycles. The molecule has 0 saturated carbocycles. The third kappa shape index (κ3) is 7.94. The van der Waals surface area contributed by atoms with Gasteiger partial charge in [-0.05, 0) is 56.2 Å². The predicted octanol–water partition coefficient (Wildman–Crippen LogP) is 4.66. The highest BCUT2D eigenvalue weighted by Gasteiger charge is 2.11. The second-order valence-electron chi connectivity index (χ2n) is 7.26. The minimum Gasteiger partial charge on any atom is -0.375 e. The zero-order valence-corrected chi connectivity index (χ0v) is 18.8. The highest BCUT2D eigenvalue weighted by molar-refractivity contribution is 6.33. The van der Waals surface area contributed by atoms with Gasteiger partial charge in [0, 0.05) is 29.4 Å². The van der Waals surface area contributed by atoms with Crippen LogP contribution >= 0.6 is 11.6 Å². The van der Waals surface area contributed by atoms with Gasteiger partial charge in [0.1, 0.15) is 0 Å². The van der Waals surface area contributed by atoms with Crippen molar-refractivity contribution in [3.8, 4) is 0 Å². The Kier molecular flexibility index (Phi) is 9.34. The molecule has 3 amide bonds. The summed E-state index contributed by atoms with van der Waals surface area (Å²) in [6.07, 6.45) is 2.02. The van der Waals surface area contributed by atoms with Crippen LogP contribution in [0.3, 0.4) is 0 Å². The zero-order chi connectivity index (χ0) is 22.8. The molecule has 0 aliphatic heterocycles. The van der Waals surface area contributed by atoms with Gasteiger partial charge < -0.3 is 21.3 Å². The van der Waals surface area contributed by atoms with Crippen LogP contribution in [0.15, 0.2) is 42.5 Å². The normalized spacial score (nSPS) is 11.4. The standard InChI is InChI=1S/C23H29ClN4O3/c1-4-7-21(29)27-18-10-11-19(24)20(13-18)25-14-22(30)28-17-9-6-8-16(12-17)23(31)26-15(3)5-2/h6,8-13,15,25H,4-5,7,14H2,1-3H3,(H,26,31)(H,27,29)(H,28,30). The van der Waals surface area contributed by atoms with E-state index in [1.54, 1.807) is 42.5 Å². The summed E-state index contributed by atoms with van der Waals surface area (Å²) in [6, 6.07) is 11.9. The minimum absolute atomic E-state index is 0.0324. The van der Waals surface area contributed by atoms with Gasteiger partial charge >= 0.3 is 0 Å². The number of nitrogens with one attached hydrogen (secondary N) is 4. The summed E-state index contributed by atoms with van der Waals surface area (Å²) in [5.74, 6) is -0.556. The van der Waals surface area contributed by atoms with Crippen molar-refractivity contribution in [1.29, 1.82) is 0 Å². The van der Waals surface area contributed by atoms with Gasteiger partial charge in [-0.3, -0.25) is 14.4 Å². The summed E-state index contributed by atoms with van der Waals surface area (Å²) in [7, 11) is 0. The molecule has 0 radical (unpaired) electrons. The maximum Gasteiger partial charge on any atom is 0.251 e. The molecular weight excluding hydrogens is 416 g/mol. The molecule has 0 spiro atoms. The number of rotatable bonds is 10. The van der Waals surface area contributed by atoms with Crippen LogP contribution in [0.25, 0.3) is 0 Å². The fourth-order valence-electron chi connectivity index (χ4n) is 2.72. The van der Waals surface area contributed by atoms with Crippen LogP contribution in [-0.2, 0) is 9.59 Å². The SMILES string of the molecule is CCCC(=O)Nc1ccc(Cl)c(NCC(=O)Nc2cccc(C(=O)NC(C)CC)c2)c1. The van der Waals surface area contributed by atoms with E-state index in [2.05, 4.69) is 21.3 Å². The van der Waals surface area contributed by atoms with E-state index in [0.29, 0.717) is 34.1 Å². The molecule has 7 nitrogen and oxygen atoms in total. The Balaban J connectivity index is 1.96. The van der Waals surface area contributed by atoms with Crippen LogP contribution in [0.5, 0.6) is 0 Å². The van der Waals surface area contributed by atoms with E-state index in [4.69, 9.17) is 11.6 Å². The summed E-state index contributed by atoms with van der Waals surface area (Å²) in [5, 5.41) is 11.9. The van der Waals surface area contributed by atoms with Gasteiger partial charge in [0.25, 0.3) is 5.91 Å². The number of hydrogen-bond acceptors (Lipinski definition) is 4. The highest BCUT2D eigenvalue weighted by atomic mass is 35.5. The number of anilines is 3. The van der Waals surface area contributed by atoms with Gasteiger partial charge in [0.2, 0.25) is 11.8 Å². The first-order valence-electron chi connectivity index (χ1n) is 10.4. The Morgan fingerprint density at radius 3 is 2.39 bits per heavy atom. The molecular formula is C23H29ClN4O3. The summed E-state index contributed by atoms with van der Waals surface area (Å²) < 4.78 is 0. The smallest absolute Gasteiger partial charge is 0.251 e. The van der Waals surface area contributed by atoms with Crippen molar-refractivity contribution in [2.45, 2.75) is 46.1 Å². The van der Waals surface area contributed by atoms with Crippen LogP contribution < -0.4 is 21.3 Å². The Morgan fingerprint density at radius 2 is 1.68 bits per heavy atom. The van der Waals surface area contributed by atoms with Crippen LogP contribution in [-0.4, -0.2) is 30.3 Å². The molecule has 31 heavy (non-hydrogen) atoms. The van der Waals surface area contributed by atoms with Crippen molar-refractivity contribution in [2.24, 2.45) is 0 Å². The lowest BCUT2D eigenvalue weighted by Crippen LogP contribution is -2.32. The average molecular weight is 445 g/mol. The first-order valence-corrected chi connectivity index (χ1v) is 10.7. The maximum absolute atomic E-state index is 12.4. The van der Waals surface area contributed by atoms with Gasteiger partial charge in [-0.1, -0.05) is 31.5 Å². The Labute approximate surface area is 187 Å². The monoisotopic (exact) mass is 444 g/mol. The lowest BCUT2D eigenvalue weighted by atomic mass is 10.1.